The number of amidine groups is 1. The second kappa shape index (κ2) is 11.0. The monoisotopic (exact) mass is 499 g/mol. The Labute approximate surface area is 213 Å². The van der Waals surface area contributed by atoms with Gasteiger partial charge in [-0.15, -0.1) is 0 Å². The molecule has 0 aromatic heterocycles. The van der Waals surface area contributed by atoms with Crippen molar-refractivity contribution in [3.8, 4) is 5.75 Å². The van der Waals surface area contributed by atoms with E-state index in [1.807, 2.05) is 44.2 Å². The van der Waals surface area contributed by atoms with Crippen molar-refractivity contribution in [2.45, 2.75) is 13.8 Å². The SMILES string of the molecule is COc1ccc(/C=C2\N=C(SCC(=O)NC(=O)c3ccccc3)N(c3cc(C)cc(C)c3)C2=O)cc1. The summed E-state index contributed by atoms with van der Waals surface area (Å²) in [6, 6.07) is 21.6. The van der Waals surface area contributed by atoms with Gasteiger partial charge in [-0.05, 0) is 73.0 Å². The quantitative estimate of drug-likeness (QED) is 0.495. The Morgan fingerprint density at radius 2 is 1.67 bits per heavy atom. The zero-order valence-electron chi connectivity index (χ0n) is 20.1. The number of ether oxygens (including phenoxy) is 1. The second-order valence-electron chi connectivity index (χ2n) is 8.22. The summed E-state index contributed by atoms with van der Waals surface area (Å²) in [5.74, 6) is -0.613. The highest BCUT2D eigenvalue weighted by molar-refractivity contribution is 8.14. The van der Waals surface area contributed by atoms with E-state index in [0.29, 0.717) is 22.2 Å². The number of hydrogen-bond acceptors (Lipinski definition) is 6. The van der Waals surface area contributed by atoms with Crippen molar-refractivity contribution in [2.24, 2.45) is 4.99 Å². The molecule has 0 aliphatic carbocycles. The van der Waals surface area contributed by atoms with Gasteiger partial charge < -0.3 is 4.74 Å². The fraction of sp³-hybridized carbons (Fsp3) is 0.143. The minimum Gasteiger partial charge on any atom is -0.497 e. The van der Waals surface area contributed by atoms with Gasteiger partial charge in [0.15, 0.2) is 5.17 Å². The largest absolute Gasteiger partial charge is 0.497 e. The van der Waals surface area contributed by atoms with E-state index in [2.05, 4.69) is 10.3 Å². The van der Waals surface area contributed by atoms with Gasteiger partial charge in [0, 0.05) is 5.56 Å². The summed E-state index contributed by atoms with van der Waals surface area (Å²) in [4.78, 5) is 44.3. The topological polar surface area (TPSA) is 88.1 Å². The van der Waals surface area contributed by atoms with E-state index in [0.717, 1.165) is 28.5 Å². The minimum atomic E-state index is -0.475. The molecule has 3 aromatic rings. The number of carbonyl (C=O) groups is 3. The molecule has 4 rings (SSSR count). The molecule has 0 radical (unpaired) electrons. The number of anilines is 1. The average molecular weight is 500 g/mol. The van der Waals surface area contributed by atoms with E-state index < -0.39 is 11.8 Å². The molecule has 182 valence electrons. The van der Waals surface area contributed by atoms with E-state index >= 15 is 0 Å². The number of amides is 3. The summed E-state index contributed by atoms with van der Waals surface area (Å²) in [5.41, 5.74) is 4.11. The van der Waals surface area contributed by atoms with E-state index in [1.165, 1.54) is 4.90 Å². The Morgan fingerprint density at radius 3 is 2.31 bits per heavy atom. The molecule has 0 spiro atoms. The van der Waals surface area contributed by atoms with E-state index in [4.69, 9.17) is 4.74 Å². The lowest BCUT2D eigenvalue weighted by molar-refractivity contribution is -0.117. The third kappa shape index (κ3) is 5.90. The normalized spacial score (nSPS) is 14.1. The zero-order chi connectivity index (χ0) is 25.7. The maximum absolute atomic E-state index is 13.4. The second-order valence-corrected chi connectivity index (χ2v) is 9.16. The molecule has 0 atom stereocenters. The van der Waals surface area contributed by atoms with Crippen molar-refractivity contribution in [2.75, 3.05) is 17.8 Å². The first kappa shape index (κ1) is 24.9. The van der Waals surface area contributed by atoms with Crippen molar-refractivity contribution in [1.82, 2.24) is 5.32 Å². The first-order chi connectivity index (χ1) is 17.3. The number of aliphatic imine (C=N–C) groups is 1. The lowest BCUT2D eigenvalue weighted by Crippen LogP contribution is -2.34. The molecule has 0 saturated heterocycles. The van der Waals surface area contributed by atoms with Crippen LogP contribution in [0.1, 0.15) is 27.0 Å². The molecule has 0 fully saturated rings. The minimum absolute atomic E-state index is 0.0815. The first-order valence-corrected chi connectivity index (χ1v) is 12.2. The molecular weight excluding hydrogens is 474 g/mol. The molecular formula is C28H25N3O4S. The van der Waals surface area contributed by atoms with Crippen molar-refractivity contribution in [3.05, 3.63) is 101 Å². The van der Waals surface area contributed by atoms with E-state index in [1.54, 1.807) is 55.7 Å². The van der Waals surface area contributed by atoms with Gasteiger partial charge in [-0.25, -0.2) is 4.99 Å². The Kier molecular flexibility index (Phi) is 7.65. The molecule has 1 aliphatic rings. The maximum atomic E-state index is 13.4. The zero-order valence-corrected chi connectivity index (χ0v) is 21.0. The Hall–Kier alpha value is -4.17. The number of hydrogen-bond donors (Lipinski definition) is 1. The summed E-state index contributed by atoms with van der Waals surface area (Å²) < 4.78 is 5.20. The predicted octanol–water partition coefficient (Wildman–Crippen LogP) is 4.75. The molecule has 3 amide bonds. The molecule has 0 bridgehead atoms. The Bertz CT molecular complexity index is 1350. The number of nitrogens with zero attached hydrogens (tertiary/aromatic N) is 2. The van der Waals surface area contributed by atoms with Gasteiger partial charge in [0.2, 0.25) is 5.91 Å². The smallest absolute Gasteiger partial charge is 0.283 e. The third-order valence-corrected chi connectivity index (χ3v) is 6.27. The highest BCUT2D eigenvalue weighted by atomic mass is 32.2. The Balaban J connectivity index is 1.57. The summed E-state index contributed by atoms with van der Waals surface area (Å²) in [7, 11) is 1.59. The molecule has 8 heteroatoms. The van der Waals surface area contributed by atoms with Gasteiger partial charge in [-0.1, -0.05) is 48.2 Å². The summed E-state index contributed by atoms with van der Waals surface area (Å²) in [5, 5.41) is 2.75. The highest BCUT2D eigenvalue weighted by Gasteiger charge is 2.32. The number of imide groups is 1. The molecule has 36 heavy (non-hydrogen) atoms. The van der Waals surface area contributed by atoms with E-state index in [9.17, 15) is 14.4 Å². The lowest BCUT2D eigenvalue weighted by atomic mass is 10.1. The van der Waals surface area contributed by atoms with Crippen LogP contribution in [0.25, 0.3) is 6.08 Å². The first-order valence-electron chi connectivity index (χ1n) is 11.2. The van der Waals surface area contributed by atoms with E-state index in [-0.39, 0.29) is 17.4 Å². The van der Waals surface area contributed by atoms with Crippen LogP contribution in [0, 0.1) is 13.8 Å². The number of methoxy groups -OCH3 is 1. The fourth-order valence-electron chi connectivity index (χ4n) is 3.71. The molecule has 7 nitrogen and oxygen atoms in total. The van der Waals surface area contributed by atoms with Gasteiger partial charge in [0.05, 0.1) is 18.6 Å². The van der Waals surface area contributed by atoms with Crippen LogP contribution in [0.5, 0.6) is 5.75 Å². The van der Waals surface area contributed by atoms with Gasteiger partial charge in [-0.3, -0.25) is 24.6 Å². The van der Waals surface area contributed by atoms with Crippen LogP contribution in [0.15, 0.2) is 83.5 Å². The van der Waals surface area contributed by atoms with Crippen LogP contribution in [-0.2, 0) is 9.59 Å². The van der Waals surface area contributed by atoms with Crippen LogP contribution in [0.3, 0.4) is 0 Å². The summed E-state index contributed by atoms with van der Waals surface area (Å²) in [6.45, 7) is 3.91. The van der Waals surface area contributed by atoms with Crippen molar-refractivity contribution in [1.29, 1.82) is 0 Å². The fourth-order valence-corrected chi connectivity index (χ4v) is 4.53. The Morgan fingerprint density at radius 1 is 1.00 bits per heavy atom. The van der Waals surface area contributed by atoms with Crippen LogP contribution in [-0.4, -0.2) is 35.8 Å². The average Bonchev–Trinajstić information content (AvgIpc) is 3.17. The van der Waals surface area contributed by atoms with Crippen LogP contribution >= 0.6 is 11.8 Å². The van der Waals surface area contributed by atoms with Crippen molar-refractivity contribution in [3.63, 3.8) is 0 Å². The molecule has 0 unspecified atom stereocenters. The number of nitrogens with one attached hydrogen (secondary N) is 1. The van der Waals surface area contributed by atoms with Gasteiger partial charge >= 0.3 is 0 Å². The summed E-state index contributed by atoms with van der Waals surface area (Å²) in [6.07, 6.45) is 1.70. The number of benzene rings is 3. The van der Waals surface area contributed by atoms with Crippen LogP contribution in [0.2, 0.25) is 0 Å². The standard InChI is InChI=1S/C28H25N3O4S/c1-18-13-19(2)15-22(14-18)31-27(34)24(16-20-9-11-23(35-3)12-10-20)29-28(31)36-17-25(32)30-26(33)21-7-5-4-6-8-21/h4-16H,17H2,1-3H3,(H,30,32,33)/b24-16-. The van der Waals surface area contributed by atoms with Gasteiger partial charge in [0.25, 0.3) is 11.8 Å². The van der Waals surface area contributed by atoms with Crippen LogP contribution in [0.4, 0.5) is 5.69 Å². The molecule has 1 aliphatic heterocycles. The lowest BCUT2D eigenvalue weighted by Gasteiger charge is -2.19. The maximum Gasteiger partial charge on any atom is 0.283 e. The highest BCUT2D eigenvalue weighted by Crippen LogP contribution is 2.31. The molecule has 1 N–H and O–H groups in total. The van der Waals surface area contributed by atoms with Gasteiger partial charge in [0.1, 0.15) is 11.4 Å². The molecule has 1 heterocycles. The van der Waals surface area contributed by atoms with Crippen molar-refractivity contribution < 1.29 is 19.1 Å². The third-order valence-electron chi connectivity index (χ3n) is 5.33. The number of rotatable bonds is 6. The van der Waals surface area contributed by atoms with Crippen molar-refractivity contribution >= 4 is 46.4 Å². The molecule has 0 saturated carbocycles. The number of thioether (sulfide) groups is 1. The number of aryl methyl sites for hydroxylation is 2. The summed E-state index contributed by atoms with van der Waals surface area (Å²) >= 11 is 1.10. The molecule has 3 aromatic carbocycles. The van der Waals surface area contributed by atoms with Gasteiger partial charge in [-0.2, -0.15) is 0 Å². The van der Waals surface area contributed by atoms with Crippen LogP contribution < -0.4 is 15.0 Å². The predicted molar refractivity (Wildman–Crippen MR) is 143 cm³/mol. The number of carbonyl (C=O) groups excluding carboxylic acids is 3.